The first kappa shape index (κ1) is 13.9. The van der Waals surface area contributed by atoms with Gasteiger partial charge in [0.05, 0.1) is 6.04 Å². The van der Waals surface area contributed by atoms with E-state index in [1.165, 1.54) is 23.9 Å². The van der Waals surface area contributed by atoms with Crippen molar-refractivity contribution >= 4 is 11.6 Å². The van der Waals surface area contributed by atoms with Crippen LogP contribution in [0.15, 0.2) is 30.6 Å². The lowest BCUT2D eigenvalue weighted by Crippen LogP contribution is -2.19. The van der Waals surface area contributed by atoms with Crippen LogP contribution in [0.3, 0.4) is 0 Å². The number of fused-ring (bicyclic) bond motifs is 1. The van der Waals surface area contributed by atoms with Crippen molar-refractivity contribution in [1.82, 2.24) is 9.97 Å². The number of hydrogen-bond donors (Lipinski definition) is 2. The number of hydrogen-bond acceptors (Lipinski definition) is 4. The Balaban J connectivity index is 1.94. The number of rotatable bonds is 3. The number of nitrogen functional groups attached to an aromatic ring is 1. The summed E-state index contributed by atoms with van der Waals surface area (Å²) >= 11 is 0. The molecule has 3 rings (SSSR count). The van der Waals surface area contributed by atoms with Gasteiger partial charge in [-0.3, -0.25) is 0 Å². The Morgan fingerprint density at radius 2 is 2.05 bits per heavy atom. The molecule has 21 heavy (non-hydrogen) atoms. The van der Waals surface area contributed by atoms with E-state index in [0.717, 1.165) is 24.2 Å². The molecule has 0 aliphatic heterocycles. The summed E-state index contributed by atoms with van der Waals surface area (Å²) in [5.41, 5.74) is 9.87. The van der Waals surface area contributed by atoms with Gasteiger partial charge in [0.2, 0.25) is 0 Å². The largest absolute Gasteiger partial charge is 0.383 e. The fourth-order valence-corrected chi connectivity index (χ4v) is 3.16. The van der Waals surface area contributed by atoms with Crippen LogP contribution < -0.4 is 11.1 Å². The Labute approximate surface area is 125 Å². The topological polar surface area (TPSA) is 63.8 Å². The SMILES string of the molecule is CC(C)c1c(N)ncnc1NC1CCCc2ccccc21. The summed E-state index contributed by atoms with van der Waals surface area (Å²) in [4.78, 5) is 8.55. The van der Waals surface area contributed by atoms with E-state index >= 15 is 0 Å². The van der Waals surface area contributed by atoms with E-state index in [4.69, 9.17) is 5.73 Å². The number of aromatic nitrogens is 2. The zero-order valence-electron chi connectivity index (χ0n) is 12.6. The van der Waals surface area contributed by atoms with Crippen LogP contribution in [0, 0.1) is 0 Å². The van der Waals surface area contributed by atoms with Gasteiger partial charge < -0.3 is 11.1 Å². The number of nitrogens with one attached hydrogen (secondary N) is 1. The highest BCUT2D eigenvalue weighted by molar-refractivity contribution is 5.58. The van der Waals surface area contributed by atoms with E-state index in [0.29, 0.717) is 17.8 Å². The predicted molar refractivity (Wildman–Crippen MR) is 86.3 cm³/mol. The summed E-state index contributed by atoms with van der Waals surface area (Å²) in [6, 6.07) is 8.97. The monoisotopic (exact) mass is 282 g/mol. The molecule has 1 heterocycles. The molecule has 0 amide bonds. The first-order valence-electron chi connectivity index (χ1n) is 7.61. The third-order valence-electron chi connectivity index (χ3n) is 4.17. The summed E-state index contributed by atoms with van der Waals surface area (Å²) in [5.74, 6) is 1.75. The highest BCUT2D eigenvalue weighted by atomic mass is 15.1. The van der Waals surface area contributed by atoms with E-state index in [9.17, 15) is 0 Å². The van der Waals surface area contributed by atoms with Crippen LogP contribution in [0.4, 0.5) is 11.6 Å². The van der Waals surface area contributed by atoms with Gasteiger partial charge in [0.15, 0.2) is 0 Å². The zero-order valence-corrected chi connectivity index (χ0v) is 12.6. The molecule has 1 aromatic heterocycles. The molecular weight excluding hydrogens is 260 g/mol. The van der Waals surface area contributed by atoms with Gasteiger partial charge in [0.1, 0.15) is 18.0 Å². The zero-order chi connectivity index (χ0) is 14.8. The number of nitrogens with zero attached hydrogens (tertiary/aromatic N) is 2. The van der Waals surface area contributed by atoms with Crippen molar-refractivity contribution in [2.75, 3.05) is 11.1 Å². The van der Waals surface area contributed by atoms with E-state index in [2.05, 4.69) is 53.4 Å². The van der Waals surface area contributed by atoms with E-state index in [1.807, 2.05) is 0 Å². The number of aryl methyl sites for hydroxylation is 1. The van der Waals surface area contributed by atoms with Gasteiger partial charge >= 0.3 is 0 Å². The normalized spacial score (nSPS) is 17.6. The molecule has 1 aromatic carbocycles. The van der Waals surface area contributed by atoms with Crippen molar-refractivity contribution < 1.29 is 0 Å². The fourth-order valence-electron chi connectivity index (χ4n) is 3.16. The van der Waals surface area contributed by atoms with Crippen LogP contribution >= 0.6 is 0 Å². The molecule has 1 atom stereocenters. The summed E-state index contributed by atoms with van der Waals surface area (Å²) in [6.45, 7) is 4.24. The van der Waals surface area contributed by atoms with Gasteiger partial charge in [0.25, 0.3) is 0 Å². The molecule has 1 aliphatic rings. The molecule has 0 bridgehead atoms. The fraction of sp³-hybridized carbons (Fsp3) is 0.412. The van der Waals surface area contributed by atoms with Crippen molar-refractivity contribution in [3.8, 4) is 0 Å². The van der Waals surface area contributed by atoms with Crippen molar-refractivity contribution in [2.45, 2.75) is 45.1 Å². The van der Waals surface area contributed by atoms with E-state index < -0.39 is 0 Å². The maximum atomic E-state index is 6.03. The van der Waals surface area contributed by atoms with E-state index in [1.54, 1.807) is 0 Å². The molecule has 1 aliphatic carbocycles. The molecule has 4 heteroatoms. The van der Waals surface area contributed by atoms with Crippen molar-refractivity contribution in [2.24, 2.45) is 0 Å². The minimum absolute atomic E-state index is 0.299. The lowest BCUT2D eigenvalue weighted by Gasteiger charge is -2.28. The van der Waals surface area contributed by atoms with Gasteiger partial charge in [-0.2, -0.15) is 0 Å². The predicted octanol–water partition coefficient (Wildman–Crippen LogP) is 3.67. The smallest absolute Gasteiger partial charge is 0.135 e. The molecule has 0 saturated heterocycles. The molecule has 110 valence electrons. The highest BCUT2D eigenvalue weighted by Crippen LogP contribution is 2.34. The Kier molecular flexibility index (Phi) is 3.78. The summed E-state index contributed by atoms with van der Waals surface area (Å²) in [7, 11) is 0. The lowest BCUT2D eigenvalue weighted by atomic mass is 9.87. The summed E-state index contributed by atoms with van der Waals surface area (Å²) in [6.07, 6.45) is 5.03. The van der Waals surface area contributed by atoms with Crippen LogP contribution in [-0.4, -0.2) is 9.97 Å². The van der Waals surface area contributed by atoms with Gasteiger partial charge in [-0.25, -0.2) is 9.97 Å². The van der Waals surface area contributed by atoms with Crippen LogP contribution in [-0.2, 0) is 6.42 Å². The standard InChI is InChI=1S/C17H22N4/c1-11(2)15-16(18)19-10-20-17(15)21-14-9-5-7-12-6-3-4-8-13(12)14/h3-4,6,8,10-11,14H,5,7,9H2,1-2H3,(H3,18,19,20,21). The molecule has 0 fully saturated rings. The number of anilines is 2. The van der Waals surface area contributed by atoms with Gasteiger partial charge in [-0.05, 0) is 36.3 Å². The first-order chi connectivity index (χ1) is 10.2. The second kappa shape index (κ2) is 5.72. The first-order valence-corrected chi connectivity index (χ1v) is 7.61. The minimum atomic E-state index is 0.299. The van der Waals surface area contributed by atoms with Crippen LogP contribution in [0.2, 0.25) is 0 Å². The molecule has 1 unspecified atom stereocenters. The van der Waals surface area contributed by atoms with Crippen molar-refractivity contribution in [3.05, 3.63) is 47.3 Å². The van der Waals surface area contributed by atoms with Crippen LogP contribution in [0.1, 0.15) is 55.3 Å². The number of benzene rings is 1. The second-order valence-electron chi connectivity index (χ2n) is 5.96. The maximum absolute atomic E-state index is 6.03. The quantitative estimate of drug-likeness (QED) is 0.901. The van der Waals surface area contributed by atoms with Gasteiger partial charge in [-0.1, -0.05) is 38.1 Å². The van der Waals surface area contributed by atoms with Crippen LogP contribution in [0.5, 0.6) is 0 Å². The molecule has 2 aromatic rings. The Morgan fingerprint density at radius 3 is 2.86 bits per heavy atom. The molecule has 0 saturated carbocycles. The Morgan fingerprint density at radius 1 is 1.24 bits per heavy atom. The molecule has 0 spiro atoms. The van der Waals surface area contributed by atoms with Gasteiger partial charge in [0, 0.05) is 5.56 Å². The minimum Gasteiger partial charge on any atom is -0.383 e. The third kappa shape index (κ3) is 2.71. The average molecular weight is 282 g/mol. The van der Waals surface area contributed by atoms with Crippen molar-refractivity contribution in [1.29, 1.82) is 0 Å². The molecular formula is C17H22N4. The van der Waals surface area contributed by atoms with Crippen molar-refractivity contribution in [3.63, 3.8) is 0 Å². The number of nitrogens with two attached hydrogens (primary N) is 1. The lowest BCUT2D eigenvalue weighted by molar-refractivity contribution is 0.597. The Hall–Kier alpha value is -2.10. The van der Waals surface area contributed by atoms with Gasteiger partial charge in [-0.15, -0.1) is 0 Å². The molecule has 4 nitrogen and oxygen atoms in total. The third-order valence-corrected chi connectivity index (χ3v) is 4.17. The molecule has 0 radical (unpaired) electrons. The molecule has 3 N–H and O–H groups in total. The maximum Gasteiger partial charge on any atom is 0.135 e. The Bertz CT molecular complexity index is 636. The second-order valence-corrected chi connectivity index (χ2v) is 5.96. The van der Waals surface area contributed by atoms with Crippen LogP contribution in [0.25, 0.3) is 0 Å². The average Bonchev–Trinajstić information content (AvgIpc) is 2.47. The highest BCUT2D eigenvalue weighted by Gasteiger charge is 2.22. The van der Waals surface area contributed by atoms with E-state index in [-0.39, 0.29) is 0 Å². The summed E-state index contributed by atoms with van der Waals surface area (Å²) in [5, 5.41) is 3.60. The summed E-state index contributed by atoms with van der Waals surface area (Å²) < 4.78 is 0.